The first-order valence-electron chi connectivity index (χ1n) is 36.6. The Hall–Kier alpha value is -5.87. The lowest BCUT2D eigenvalue weighted by Gasteiger charge is -2.26. The molecule has 0 radical (unpaired) electrons. The van der Waals surface area contributed by atoms with Crippen molar-refractivity contribution in [1.82, 2.24) is 0 Å². The fourth-order valence-electron chi connectivity index (χ4n) is 9.33. The number of unbranched alkanes of at least 4 members (excludes halogenated alkanes) is 18. The largest absolute Gasteiger partial charge is 0.545 e. The van der Waals surface area contributed by atoms with E-state index in [9.17, 15) is 19.5 Å². The molecule has 0 aliphatic carbocycles. The molecule has 2 unspecified atom stereocenters. The van der Waals surface area contributed by atoms with Gasteiger partial charge in [-0.3, -0.25) is 9.59 Å². The molecule has 0 saturated carbocycles. The summed E-state index contributed by atoms with van der Waals surface area (Å²) in [4.78, 5) is 37.5. The van der Waals surface area contributed by atoms with Crippen LogP contribution in [-0.2, 0) is 33.3 Å². The van der Waals surface area contributed by atoms with Crippen molar-refractivity contribution in [1.29, 1.82) is 0 Å². The average Bonchev–Trinajstić information content (AvgIpc) is 3.38. The fourth-order valence-corrected chi connectivity index (χ4v) is 9.33. The van der Waals surface area contributed by atoms with Gasteiger partial charge in [-0.15, -0.1) is 0 Å². The van der Waals surface area contributed by atoms with Crippen molar-refractivity contribution in [3.8, 4) is 0 Å². The quantitative estimate of drug-likeness (QED) is 0.0195. The fraction of sp³-hybridized carbons (Fsp3) is 0.583. The zero-order valence-corrected chi connectivity index (χ0v) is 59.5. The van der Waals surface area contributed by atoms with Gasteiger partial charge in [-0.1, -0.05) is 298 Å². The summed E-state index contributed by atoms with van der Waals surface area (Å²) < 4.78 is 22.8. The Bertz CT molecular complexity index is 2230. The Morgan fingerprint density at radius 2 is 0.581 bits per heavy atom. The Labute approximate surface area is 570 Å². The van der Waals surface area contributed by atoms with Crippen LogP contribution in [0.5, 0.6) is 0 Å². The van der Waals surface area contributed by atoms with E-state index >= 15 is 0 Å². The molecule has 0 aliphatic rings. The molecular formula is C84H133NO8. The number of nitrogens with zero attached hydrogens (tertiary/aromatic N) is 1. The first kappa shape index (κ1) is 87.1. The van der Waals surface area contributed by atoms with Gasteiger partial charge >= 0.3 is 11.9 Å². The van der Waals surface area contributed by atoms with Gasteiger partial charge in [-0.25, -0.2) is 0 Å². The molecular weight excluding hydrogens is 1150 g/mol. The molecule has 0 N–H and O–H groups in total. The highest BCUT2D eigenvalue weighted by atomic mass is 16.7. The number of likely N-dealkylation sites (N-methyl/N-ethyl adjacent to an activating group) is 1. The number of esters is 2. The minimum atomic E-state index is -1.64. The van der Waals surface area contributed by atoms with Crippen molar-refractivity contribution in [2.45, 2.75) is 270 Å². The van der Waals surface area contributed by atoms with Crippen molar-refractivity contribution in [3.05, 3.63) is 194 Å². The van der Waals surface area contributed by atoms with E-state index in [1.807, 2.05) is 21.1 Å². The molecule has 9 nitrogen and oxygen atoms in total. The maximum Gasteiger partial charge on any atom is 0.306 e. The van der Waals surface area contributed by atoms with Crippen molar-refractivity contribution in [3.63, 3.8) is 0 Å². The summed E-state index contributed by atoms with van der Waals surface area (Å²) in [6, 6.07) is 0. The van der Waals surface area contributed by atoms with Crippen LogP contribution >= 0.6 is 0 Å². The zero-order valence-electron chi connectivity index (χ0n) is 59.5. The molecule has 0 fully saturated rings. The van der Waals surface area contributed by atoms with Gasteiger partial charge in [0.15, 0.2) is 12.4 Å². The Kier molecular flexibility index (Phi) is 67.4. The second-order valence-electron chi connectivity index (χ2n) is 24.8. The van der Waals surface area contributed by atoms with E-state index in [4.69, 9.17) is 18.9 Å². The zero-order chi connectivity index (χ0) is 67.5. The predicted octanol–water partition coefficient (Wildman–Crippen LogP) is 22.0. The summed E-state index contributed by atoms with van der Waals surface area (Å²) in [5.74, 6) is -2.33. The second kappa shape index (κ2) is 72.0. The molecule has 0 amide bonds. The number of rotatable bonds is 65. The van der Waals surface area contributed by atoms with E-state index in [0.29, 0.717) is 23.9 Å². The topological polar surface area (TPSA) is 111 Å². The van der Waals surface area contributed by atoms with Crippen molar-refractivity contribution in [2.24, 2.45) is 0 Å². The minimum absolute atomic E-state index is 0.134. The SMILES string of the molecule is CC/C=C\C/C=C\C/C=C\C/C=C\C/C=C\C/C=C\C/C=C\C/C=C\C/C=C\CCCCCCCCCCCCCCCC(=O)OC(COC(=O)CCCCCCC/C=C\C/C=C\C/C=C\C/C=C\C/C=C\C/C=C\C/C=C\CC)COC(OCC[N+](C)(C)C)C(=O)[O-]. The number of carboxylic acid groups (broad SMARTS) is 1. The van der Waals surface area contributed by atoms with Gasteiger partial charge < -0.3 is 33.3 Å². The summed E-state index contributed by atoms with van der Waals surface area (Å²) in [6.45, 7) is 4.48. The van der Waals surface area contributed by atoms with Crippen LogP contribution in [0.25, 0.3) is 0 Å². The number of carboxylic acids is 1. The summed E-state index contributed by atoms with van der Waals surface area (Å²) in [5, 5.41) is 11.8. The smallest absolute Gasteiger partial charge is 0.306 e. The maximum absolute atomic E-state index is 13.0. The molecule has 0 aliphatic heterocycles. The summed E-state index contributed by atoms with van der Waals surface area (Å²) in [5.41, 5.74) is 0. The van der Waals surface area contributed by atoms with Crippen LogP contribution in [0.1, 0.15) is 258 Å². The van der Waals surface area contributed by atoms with Gasteiger partial charge in [0, 0.05) is 12.8 Å². The van der Waals surface area contributed by atoms with Crippen molar-refractivity contribution < 1.29 is 42.9 Å². The Balaban J connectivity index is 4.17. The molecule has 2 atom stereocenters. The minimum Gasteiger partial charge on any atom is -0.545 e. The molecule has 0 aromatic carbocycles. The first-order valence-corrected chi connectivity index (χ1v) is 36.6. The first-order chi connectivity index (χ1) is 45.6. The third kappa shape index (κ3) is 73.4. The molecule has 0 aromatic heterocycles. The molecule has 0 rings (SSSR count). The van der Waals surface area contributed by atoms with E-state index in [2.05, 4.69) is 208 Å². The molecule has 9 heteroatoms. The van der Waals surface area contributed by atoms with E-state index in [-0.39, 0.29) is 38.6 Å². The lowest BCUT2D eigenvalue weighted by molar-refractivity contribution is -0.870. The number of carbonyl (C=O) groups excluding carboxylic acids is 3. The Morgan fingerprint density at radius 3 is 0.860 bits per heavy atom. The standard InChI is InChI=1S/C84H133NO8/c1-6-8-10-12-14-16-18-20-22-24-26-28-30-32-34-35-36-37-38-39-40-41-42-43-44-45-46-47-49-51-53-55-57-59-61-63-65-67-69-71-73-75-82(87)93-80(79-92-84(83(88)89)90-77-76-85(3,4)5)78-91-81(86)74-72-70-68-66-64-62-60-58-56-54-52-50-48-33-31-29-27-25-23-21-19-17-15-13-11-9-7-2/h8-11,14-17,20-23,26-29,32-34,36-37,39-40,42-43,45-46,48,52,54,58,60,80,84H,6-7,12-13,18-19,24-25,30-31,35,38,41,44,47,49-51,53,55-57,59,61-79H2,1-5H3/b10-8-,11-9-,16-14-,17-15-,22-20-,23-21-,28-26-,29-27-,34-32-,37-36-,40-39-,43-42-,46-45-,48-33-,54-52-,60-58-. The van der Waals surface area contributed by atoms with Crippen molar-refractivity contribution >= 4 is 17.9 Å². The van der Waals surface area contributed by atoms with E-state index in [1.54, 1.807) is 0 Å². The number of ether oxygens (including phenoxy) is 4. The number of hydrogen-bond donors (Lipinski definition) is 0. The molecule has 0 heterocycles. The summed E-state index contributed by atoms with van der Waals surface area (Å²) >= 11 is 0. The second-order valence-corrected chi connectivity index (χ2v) is 24.8. The number of carbonyl (C=O) groups is 3. The van der Waals surface area contributed by atoms with E-state index < -0.39 is 24.3 Å². The summed E-state index contributed by atoms with van der Waals surface area (Å²) in [7, 11) is 5.91. The van der Waals surface area contributed by atoms with Crippen molar-refractivity contribution in [2.75, 3.05) is 47.5 Å². The van der Waals surface area contributed by atoms with Gasteiger partial charge in [0.1, 0.15) is 13.2 Å². The van der Waals surface area contributed by atoms with Gasteiger partial charge in [0.2, 0.25) is 0 Å². The summed E-state index contributed by atoms with van der Waals surface area (Å²) in [6.07, 6.45) is 108. The predicted molar refractivity (Wildman–Crippen MR) is 397 cm³/mol. The number of aliphatic carboxylic acids is 1. The van der Waals surface area contributed by atoms with Crippen LogP contribution < -0.4 is 5.11 Å². The normalized spacial score (nSPS) is 13.9. The third-order valence-corrected chi connectivity index (χ3v) is 14.8. The molecule has 522 valence electrons. The average molecular weight is 1280 g/mol. The lowest BCUT2D eigenvalue weighted by Crippen LogP contribution is -2.44. The monoisotopic (exact) mass is 1280 g/mol. The lowest BCUT2D eigenvalue weighted by atomic mass is 10.0. The van der Waals surface area contributed by atoms with Crippen LogP contribution in [-0.4, -0.2) is 82.3 Å². The van der Waals surface area contributed by atoms with Crippen LogP contribution in [0.2, 0.25) is 0 Å². The molecule has 0 bridgehead atoms. The van der Waals surface area contributed by atoms with Crippen LogP contribution in [0.3, 0.4) is 0 Å². The van der Waals surface area contributed by atoms with E-state index in [0.717, 1.165) is 154 Å². The maximum atomic E-state index is 13.0. The third-order valence-electron chi connectivity index (χ3n) is 14.8. The van der Waals surface area contributed by atoms with Gasteiger partial charge in [-0.2, -0.15) is 0 Å². The number of quaternary nitrogens is 1. The van der Waals surface area contributed by atoms with Gasteiger partial charge in [-0.05, 0) is 141 Å². The number of allylic oxidation sites excluding steroid dienone is 32. The highest BCUT2D eigenvalue weighted by molar-refractivity contribution is 5.70. The van der Waals surface area contributed by atoms with Gasteiger partial charge in [0.25, 0.3) is 0 Å². The molecule has 0 aromatic rings. The highest BCUT2D eigenvalue weighted by Gasteiger charge is 2.22. The van der Waals surface area contributed by atoms with E-state index in [1.165, 1.54) is 64.2 Å². The molecule has 0 saturated heterocycles. The van der Waals surface area contributed by atoms with Crippen LogP contribution in [0.15, 0.2) is 194 Å². The Morgan fingerprint density at radius 1 is 0.323 bits per heavy atom. The molecule has 0 spiro atoms. The van der Waals surface area contributed by atoms with Crippen LogP contribution in [0.4, 0.5) is 0 Å². The molecule has 93 heavy (non-hydrogen) atoms. The highest BCUT2D eigenvalue weighted by Crippen LogP contribution is 2.16. The van der Waals surface area contributed by atoms with Crippen LogP contribution in [0, 0.1) is 0 Å². The van der Waals surface area contributed by atoms with Gasteiger partial charge in [0.05, 0.1) is 40.3 Å². The number of hydrogen-bond acceptors (Lipinski definition) is 8.